The molecule has 34 heavy (non-hydrogen) atoms. The fourth-order valence-electron chi connectivity index (χ4n) is 3.84. The SMILES string of the molecule is CCN(CC)C(=O)c1oc2nc(-c3ccccc3Cl)c(-c3ccc(Cl)cc3)cc2c1NC(C)=O. The summed E-state index contributed by atoms with van der Waals surface area (Å²) in [6.45, 7) is 6.15. The molecule has 174 valence electrons. The Hall–Kier alpha value is -3.35. The van der Waals surface area contributed by atoms with Crippen LogP contribution in [0.15, 0.2) is 59.0 Å². The van der Waals surface area contributed by atoms with Gasteiger partial charge in [-0.15, -0.1) is 0 Å². The van der Waals surface area contributed by atoms with E-state index in [1.54, 1.807) is 23.1 Å². The number of pyridine rings is 1. The summed E-state index contributed by atoms with van der Waals surface area (Å²) in [5.74, 6) is -0.599. The molecule has 8 heteroatoms. The van der Waals surface area contributed by atoms with Gasteiger partial charge in [0.1, 0.15) is 5.69 Å². The summed E-state index contributed by atoms with van der Waals surface area (Å²) in [6.07, 6.45) is 0. The van der Waals surface area contributed by atoms with Crippen molar-refractivity contribution in [2.24, 2.45) is 0 Å². The minimum absolute atomic E-state index is 0.0414. The number of halogens is 2. The van der Waals surface area contributed by atoms with Crippen LogP contribution in [-0.4, -0.2) is 34.8 Å². The minimum Gasteiger partial charge on any atom is -0.430 e. The molecular formula is C26H23Cl2N3O3. The molecule has 0 saturated heterocycles. The number of nitrogens with zero attached hydrogens (tertiary/aromatic N) is 2. The quantitative estimate of drug-likeness (QED) is 0.315. The molecule has 0 aliphatic heterocycles. The molecule has 0 aliphatic carbocycles. The van der Waals surface area contributed by atoms with Crippen molar-refractivity contribution in [1.82, 2.24) is 9.88 Å². The Kier molecular flexibility index (Phi) is 6.91. The van der Waals surface area contributed by atoms with E-state index in [1.165, 1.54) is 6.92 Å². The summed E-state index contributed by atoms with van der Waals surface area (Å²) in [5.41, 5.74) is 3.43. The summed E-state index contributed by atoms with van der Waals surface area (Å²) in [7, 11) is 0. The second-order valence-corrected chi connectivity index (χ2v) is 8.53. The third-order valence-electron chi connectivity index (χ3n) is 5.51. The van der Waals surface area contributed by atoms with Crippen LogP contribution in [0.2, 0.25) is 10.0 Å². The summed E-state index contributed by atoms with van der Waals surface area (Å²) in [5, 5.41) is 4.42. The van der Waals surface area contributed by atoms with E-state index in [0.717, 1.165) is 11.1 Å². The monoisotopic (exact) mass is 495 g/mol. The maximum Gasteiger partial charge on any atom is 0.291 e. The summed E-state index contributed by atoms with van der Waals surface area (Å²) >= 11 is 12.6. The van der Waals surface area contributed by atoms with Gasteiger partial charge < -0.3 is 14.6 Å². The maximum atomic E-state index is 13.2. The molecule has 0 fully saturated rings. The van der Waals surface area contributed by atoms with Crippen molar-refractivity contribution >= 4 is 51.8 Å². The predicted molar refractivity (Wildman–Crippen MR) is 136 cm³/mol. The molecule has 0 spiro atoms. The van der Waals surface area contributed by atoms with Crippen molar-refractivity contribution < 1.29 is 14.0 Å². The Morgan fingerprint density at radius 2 is 1.68 bits per heavy atom. The second-order valence-electron chi connectivity index (χ2n) is 7.69. The number of nitrogens with one attached hydrogen (secondary N) is 1. The van der Waals surface area contributed by atoms with E-state index in [2.05, 4.69) is 5.32 Å². The number of furan rings is 1. The van der Waals surface area contributed by atoms with Crippen LogP contribution >= 0.6 is 23.2 Å². The molecule has 2 amide bonds. The molecule has 4 aromatic rings. The minimum atomic E-state index is -0.320. The lowest BCUT2D eigenvalue weighted by Crippen LogP contribution is -2.30. The van der Waals surface area contributed by atoms with Crippen LogP contribution < -0.4 is 5.32 Å². The van der Waals surface area contributed by atoms with E-state index >= 15 is 0 Å². The van der Waals surface area contributed by atoms with Gasteiger partial charge in [0.25, 0.3) is 5.91 Å². The first-order valence-electron chi connectivity index (χ1n) is 10.9. The highest BCUT2D eigenvalue weighted by Crippen LogP contribution is 2.40. The van der Waals surface area contributed by atoms with Gasteiger partial charge in [0.05, 0.1) is 11.1 Å². The molecule has 0 radical (unpaired) electrons. The van der Waals surface area contributed by atoms with Crippen LogP contribution in [0.4, 0.5) is 5.69 Å². The van der Waals surface area contributed by atoms with E-state index in [9.17, 15) is 9.59 Å². The number of carbonyl (C=O) groups is 2. The number of hydrogen-bond acceptors (Lipinski definition) is 4. The average Bonchev–Trinajstić information content (AvgIpc) is 3.16. The molecule has 2 aromatic heterocycles. The molecule has 2 aromatic carbocycles. The number of fused-ring (bicyclic) bond motifs is 1. The van der Waals surface area contributed by atoms with E-state index in [1.807, 2.05) is 50.2 Å². The van der Waals surface area contributed by atoms with Crippen molar-refractivity contribution in [2.75, 3.05) is 18.4 Å². The molecule has 0 unspecified atom stereocenters. The molecule has 0 bridgehead atoms. The number of carbonyl (C=O) groups excluding carboxylic acids is 2. The molecule has 1 N–H and O–H groups in total. The van der Waals surface area contributed by atoms with Crippen LogP contribution in [-0.2, 0) is 4.79 Å². The van der Waals surface area contributed by atoms with Crippen LogP contribution in [0.5, 0.6) is 0 Å². The molecule has 6 nitrogen and oxygen atoms in total. The van der Waals surface area contributed by atoms with Gasteiger partial charge in [-0.1, -0.05) is 53.5 Å². The van der Waals surface area contributed by atoms with Crippen LogP contribution in [0.3, 0.4) is 0 Å². The van der Waals surface area contributed by atoms with Gasteiger partial charge >= 0.3 is 0 Å². The van der Waals surface area contributed by atoms with Crippen LogP contribution in [0.1, 0.15) is 31.3 Å². The first-order valence-corrected chi connectivity index (χ1v) is 11.6. The number of aromatic nitrogens is 1. The number of hydrogen-bond donors (Lipinski definition) is 1. The first-order chi connectivity index (χ1) is 16.3. The van der Waals surface area contributed by atoms with Gasteiger partial charge in [-0.25, -0.2) is 4.98 Å². The van der Waals surface area contributed by atoms with Gasteiger partial charge in [0.15, 0.2) is 0 Å². The van der Waals surface area contributed by atoms with Gasteiger partial charge in [-0.05, 0) is 43.7 Å². The zero-order chi connectivity index (χ0) is 24.4. The summed E-state index contributed by atoms with van der Waals surface area (Å²) in [4.78, 5) is 31.6. The van der Waals surface area contributed by atoms with Crippen LogP contribution in [0.25, 0.3) is 33.5 Å². The molecule has 0 atom stereocenters. The highest BCUT2D eigenvalue weighted by Gasteiger charge is 2.27. The van der Waals surface area contributed by atoms with E-state index in [0.29, 0.717) is 45.5 Å². The Morgan fingerprint density at radius 1 is 1.00 bits per heavy atom. The highest BCUT2D eigenvalue weighted by molar-refractivity contribution is 6.33. The zero-order valence-corrected chi connectivity index (χ0v) is 20.5. The number of benzene rings is 2. The average molecular weight is 496 g/mol. The van der Waals surface area contributed by atoms with Crippen LogP contribution in [0, 0.1) is 0 Å². The third kappa shape index (κ3) is 4.52. The topological polar surface area (TPSA) is 75.4 Å². The fourth-order valence-corrected chi connectivity index (χ4v) is 4.19. The lowest BCUT2D eigenvalue weighted by atomic mass is 9.98. The Labute approximate surface area is 207 Å². The zero-order valence-electron chi connectivity index (χ0n) is 19.0. The fraction of sp³-hybridized carbons (Fsp3) is 0.192. The number of anilines is 1. The second kappa shape index (κ2) is 9.87. The van der Waals surface area contributed by atoms with Crippen molar-refractivity contribution in [2.45, 2.75) is 20.8 Å². The summed E-state index contributed by atoms with van der Waals surface area (Å²) < 4.78 is 5.98. The highest BCUT2D eigenvalue weighted by atomic mass is 35.5. The van der Waals surface area contributed by atoms with Crippen molar-refractivity contribution in [3.05, 3.63) is 70.4 Å². The molecule has 0 aliphatic rings. The van der Waals surface area contributed by atoms with Gasteiger partial charge in [0.2, 0.25) is 17.4 Å². The molecule has 2 heterocycles. The van der Waals surface area contributed by atoms with E-state index in [-0.39, 0.29) is 23.3 Å². The lowest BCUT2D eigenvalue weighted by Gasteiger charge is -2.17. The molecule has 4 rings (SSSR count). The van der Waals surface area contributed by atoms with E-state index < -0.39 is 0 Å². The largest absolute Gasteiger partial charge is 0.430 e. The van der Waals surface area contributed by atoms with E-state index in [4.69, 9.17) is 32.6 Å². The lowest BCUT2D eigenvalue weighted by molar-refractivity contribution is -0.114. The maximum absolute atomic E-state index is 13.2. The third-order valence-corrected chi connectivity index (χ3v) is 6.09. The summed E-state index contributed by atoms with van der Waals surface area (Å²) in [6, 6.07) is 16.6. The Bertz CT molecular complexity index is 1380. The molecular weight excluding hydrogens is 473 g/mol. The van der Waals surface area contributed by atoms with Gasteiger partial charge in [0, 0.05) is 41.2 Å². The van der Waals surface area contributed by atoms with Crippen molar-refractivity contribution in [3.63, 3.8) is 0 Å². The smallest absolute Gasteiger partial charge is 0.291 e. The Morgan fingerprint density at radius 3 is 2.29 bits per heavy atom. The standard InChI is InChI=1S/C26H23Cl2N3O3/c1-4-31(5-2)26(33)24-23(29-15(3)32)20-14-19(16-10-12-17(27)13-11-16)22(30-25(20)34-24)18-8-6-7-9-21(18)28/h6-14H,4-5H2,1-3H3,(H,29,32). The first kappa shape index (κ1) is 23.8. The van der Waals surface area contributed by atoms with Crippen molar-refractivity contribution in [3.8, 4) is 22.4 Å². The number of rotatable bonds is 6. The number of amides is 2. The predicted octanol–water partition coefficient (Wildman–Crippen LogP) is 6.91. The Balaban J connectivity index is 2.04. The van der Waals surface area contributed by atoms with Gasteiger partial charge in [-0.2, -0.15) is 0 Å². The van der Waals surface area contributed by atoms with Crippen molar-refractivity contribution in [1.29, 1.82) is 0 Å². The molecule has 0 saturated carbocycles. The normalized spacial score (nSPS) is 11.0. The van der Waals surface area contributed by atoms with Gasteiger partial charge in [-0.3, -0.25) is 9.59 Å².